The number of amides is 3. The van der Waals surface area contributed by atoms with Crippen LogP contribution in [0.3, 0.4) is 0 Å². The van der Waals surface area contributed by atoms with Gasteiger partial charge in [0.2, 0.25) is 0 Å². The number of benzene rings is 1. The van der Waals surface area contributed by atoms with E-state index in [4.69, 9.17) is 5.26 Å². The normalized spacial score (nSPS) is 25.4. The molecule has 5 nitrogen and oxygen atoms in total. The zero-order chi connectivity index (χ0) is 15.0. The average molecular weight is 283 g/mol. The van der Waals surface area contributed by atoms with E-state index in [9.17, 15) is 9.59 Å². The summed E-state index contributed by atoms with van der Waals surface area (Å²) in [6.07, 6.45) is 2.41. The fourth-order valence-corrected chi connectivity index (χ4v) is 3.29. The van der Waals surface area contributed by atoms with Crippen LogP contribution in [0.2, 0.25) is 0 Å². The molecule has 1 spiro atoms. The van der Waals surface area contributed by atoms with Gasteiger partial charge in [-0.15, -0.1) is 0 Å². The Kier molecular flexibility index (Phi) is 3.17. The molecule has 2 atom stereocenters. The molecule has 2 aliphatic rings. The Hall–Kier alpha value is -2.35. The highest BCUT2D eigenvalue weighted by Crippen LogP contribution is 2.39. The van der Waals surface area contributed by atoms with Crippen LogP contribution < -0.4 is 5.32 Å². The molecule has 1 fully saturated rings. The second-order valence-electron chi connectivity index (χ2n) is 5.79. The van der Waals surface area contributed by atoms with Gasteiger partial charge in [-0.05, 0) is 37.3 Å². The Labute approximate surface area is 123 Å². The number of nitrogens with zero attached hydrogens (tertiary/aromatic N) is 2. The molecular formula is C16H17N3O2. The van der Waals surface area contributed by atoms with Gasteiger partial charge in [0.25, 0.3) is 5.91 Å². The summed E-state index contributed by atoms with van der Waals surface area (Å²) in [5.74, 6) is -0.588. The Balaban J connectivity index is 2.00. The lowest BCUT2D eigenvalue weighted by atomic mass is 9.76. The van der Waals surface area contributed by atoms with Crippen LogP contribution in [-0.2, 0) is 16.8 Å². The molecule has 1 aromatic carbocycles. The minimum Gasteiger partial charge on any atom is -0.319 e. The summed E-state index contributed by atoms with van der Waals surface area (Å²) >= 11 is 0. The van der Waals surface area contributed by atoms with Gasteiger partial charge < -0.3 is 5.32 Å². The number of rotatable bonds is 2. The van der Waals surface area contributed by atoms with E-state index in [1.165, 1.54) is 4.90 Å². The van der Waals surface area contributed by atoms with Crippen LogP contribution in [-0.4, -0.2) is 23.4 Å². The van der Waals surface area contributed by atoms with Gasteiger partial charge in [0.15, 0.2) is 0 Å². The van der Waals surface area contributed by atoms with E-state index in [2.05, 4.69) is 11.4 Å². The monoisotopic (exact) mass is 283 g/mol. The van der Waals surface area contributed by atoms with Crippen LogP contribution in [0, 0.1) is 17.2 Å². The van der Waals surface area contributed by atoms with Gasteiger partial charge in [-0.3, -0.25) is 9.69 Å². The molecule has 5 heteroatoms. The molecule has 1 saturated heterocycles. The lowest BCUT2D eigenvalue weighted by Gasteiger charge is -2.33. The molecule has 3 rings (SSSR count). The zero-order valence-electron chi connectivity index (χ0n) is 11.9. The first-order valence-electron chi connectivity index (χ1n) is 7.20. The second kappa shape index (κ2) is 4.88. The van der Waals surface area contributed by atoms with Crippen LogP contribution in [0.4, 0.5) is 4.79 Å². The van der Waals surface area contributed by atoms with E-state index >= 15 is 0 Å². The predicted octanol–water partition coefficient (Wildman–Crippen LogP) is 1.93. The van der Waals surface area contributed by atoms with Crippen molar-refractivity contribution in [3.05, 3.63) is 35.4 Å². The van der Waals surface area contributed by atoms with E-state index in [0.29, 0.717) is 6.42 Å². The Bertz CT molecular complexity index is 649. The third kappa shape index (κ3) is 1.99. The molecule has 0 radical (unpaired) electrons. The topological polar surface area (TPSA) is 73.2 Å². The fraction of sp³-hybridized carbons (Fsp3) is 0.438. The third-order valence-corrected chi connectivity index (χ3v) is 4.33. The highest BCUT2D eigenvalue weighted by atomic mass is 16.2. The van der Waals surface area contributed by atoms with Crippen molar-refractivity contribution in [1.82, 2.24) is 10.2 Å². The maximum absolute atomic E-state index is 12.8. The molecule has 1 heterocycles. The first kappa shape index (κ1) is 13.6. The van der Waals surface area contributed by atoms with Gasteiger partial charge in [-0.1, -0.05) is 24.3 Å². The molecule has 0 aromatic heterocycles. The van der Waals surface area contributed by atoms with Crippen LogP contribution in [0.1, 0.15) is 30.9 Å². The van der Waals surface area contributed by atoms with Crippen molar-refractivity contribution >= 4 is 11.9 Å². The quantitative estimate of drug-likeness (QED) is 0.843. The lowest BCUT2D eigenvalue weighted by Crippen LogP contribution is -2.46. The van der Waals surface area contributed by atoms with Crippen molar-refractivity contribution in [3.63, 3.8) is 0 Å². The van der Waals surface area contributed by atoms with Crippen molar-refractivity contribution in [2.75, 3.05) is 6.54 Å². The third-order valence-electron chi connectivity index (χ3n) is 4.33. The molecule has 1 N–H and O–H groups in total. The minimum absolute atomic E-state index is 0.144. The van der Waals surface area contributed by atoms with Crippen LogP contribution in [0.25, 0.3) is 0 Å². The number of hydrogen-bond donors (Lipinski definition) is 1. The van der Waals surface area contributed by atoms with Gasteiger partial charge in [-0.2, -0.15) is 5.26 Å². The molecule has 21 heavy (non-hydrogen) atoms. The molecular weight excluding hydrogens is 266 g/mol. The first-order valence-corrected chi connectivity index (χ1v) is 7.20. The number of hydrogen-bond acceptors (Lipinski definition) is 3. The number of nitriles is 1. The van der Waals surface area contributed by atoms with Crippen molar-refractivity contribution in [3.8, 4) is 6.07 Å². The summed E-state index contributed by atoms with van der Waals surface area (Å²) < 4.78 is 0. The molecule has 0 saturated carbocycles. The van der Waals surface area contributed by atoms with Gasteiger partial charge in [0, 0.05) is 6.54 Å². The molecule has 108 valence electrons. The summed E-state index contributed by atoms with van der Waals surface area (Å²) in [6, 6.07) is 9.46. The zero-order valence-corrected chi connectivity index (χ0v) is 11.9. The maximum atomic E-state index is 12.8. The van der Waals surface area contributed by atoms with E-state index in [1.807, 2.05) is 24.3 Å². The smallest absolute Gasteiger partial charge is 0.319 e. The standard InChI is InChI=1S/C16H17N3O2/c1-11(9-17)10-19-14(20)16(18-15(19)21)8-4-6-12-5-2-3-7-13(12)16/h2-3,5,7,11H,4,6,8,10H2,1H3,(H,18,21)/t11-,16-/m1/s1. The lowest BCUT2D eigenvalue weighted by molar-refractivity contribution is -0.132. The van der Waals surface area contributed by atoms with E-state index in [1.54, 1.807) is 6.92 Å². The van der Waals surface area contributed by atoms with Crippen molar-refractivity contribution in [2.24, 2.45) is 5.92 Å². The summed E-state index contributed by atoms with van der Waals surface area (Å²) in [5, 5.41) is 11.8. The molecule has 0 bridgehead atoms. The number of imide groups is 1. The molecule has 3 amide bonds. The van der Waals surface area contributed by atoms with Gasteiger partial charge in [0.05, 0.1) is 12.0 Å². The van der Waals surface area contributed by atoms with Crippen molar-refractivity contribution in [1.29, 1.82) is 5.26 Å². The number of carbonyl (C=O) groups excluding carboxylic acids is 2. The highest BCUT2D eigenvalue weighted by Gasteiger charge is 2.53. The summed E-state index contributed by atoms with van der Waals surface area (Å²) in [5.41, 5.74) is 1.09. The number of carbonyl (C=O) groups is 2. The Morgan fingerprint density at radius 1 is 1.43 bits per heavy atom. The van der Waals surface area contributed by atoms with Crippen molar-refractivity contribution < 1.29 is 9.59 Å². The average Bonchev–Trinajstić information content (AvgIpc) is 2.73. The highest BCUT2D eigenvalue weighted by molar-refractivity contribution is 6.07. The SMILES string of the molecule is C[C@H](C#N)CN1C(=O)N[C@@]2(CCCc3ccccc32)C1=O. The fourth-order valence-electron chi connectivity index (χ4n) is 3.29. The molecule has 1 aromatic rings. The van der Waals surface area contributed by atoms with Gasteiger partial charge in [-0.25, -0.2) is 4.79 Å². The Morgan fingerprint density at radius 2 is 2.19 bits per heavy atom. The molecule has 0 unspecified atom stereocenters. The van der Waals surface area contributed by atoms with Gasteiger partial charge >= 0.3 is 6.03 Å². The number of fused-ring (bicyclic) bond motifs is 2. The predicted molar refractivity (Wildman–Crippen MR) is 76.1 cm³/mol. The van der Waals surface area contributed by atoms with Crippen molar-refractivity contribution in [2.45, 2.75) is 31.7 Å². The molecule has 1 aliphatic heterocycles. The largest absolute Gasteiger partial charge is 0.325 e. The first-order chi connectivity index (χ1) is 10.1. The second-order valence-corrected chi connectivity index (χ2v) is 5.79. The summed E-state index contributed by atoms with van der Waals surface area (Å²) in [7, 11) is 0. The maximum Gasteiger partial charge on any atom is 0.325 e. The minimum atomic E-state index is -0.929. The number of nitrogens with one attached hydrogen (secondary N) is 1. The van der Waals surface area contributed by atoms with Crippen LogP contribution >= 0.6 is 0 Å². The van der Waals surface area contributed by atoms with Gasteiger partial charge in [0.1, 0.15) is 5.54 Å². The van der Waals surface area contributed by atoms with E-state index < -0.39 is 5.54 Å². The number of aryl methyl sites for hydroxylation is 1. The van der Waals surface area contributed by atoms with E-state index in [-0.39, 0.29) is 24.4 Å². The Morgan fingerprint density at radius 3 is 2.95 bits per heavy atom. The van der Waals surface area contributed by atoms with E-state index in [0.717, 1.165) is 24.0 Å². The summed E-state index contributed by atoms with van der Waals surface area (Å²) in [4.78, 5) is 26.2. The summed E-state index contributed by atoms with van der Waals surface area (Å²) in [6.45, 7) is 1.85. The molecule has 1 aliphatic carbocycles. The van der Waals surface area contributed by atoms with Crippen LogP contribution in [0.15, 0.2) is 24.3 Å². The number of urea groups is 1. The van der Waals surface area contributed by atoms with Crippen LogP contribution in [0.5, 0.6) is 0 Å².